The molecule has 1 saturated heterocycles. The lowest BCUT2D eigenvalue weighted by Gasteiger charge is -2.46. The first-order valence-electron chi connectivity index (χ1n) is 9.50. The molecule has 2 N–H and O–H groups in total. The van der Waals surface area contributed by atoms with Crippen molar-refractivity contribution >= 4 is 5.91 Å². The first-order chi connectivity index (χ1) is 11.4. The minimum atomic E-state index is 0.0354. The smallest absolute Gasteiger partial charge is 0.224 e. The van der Waals surface area contributed by atoms with Crippen molar-refractivity contribution in [3.63, 3.8) is 0 Å². The molecule has 1 aliphatic heterocycles. The van der Waals surface area contributed by atoms with E-state index in [1.165, 1.54) is 0 Å². The van der Waals surface area contributed by atoms with E-state index >= 15 is 0 Å². The molecule has 1 aromatic heterocycles. The zero-order valence-corrected chi connectivity index (χ0v) is 17.3. The number of rotatable bonds is 5. The number of carbonyl (C=O) groups is 1. The highest BCUT2D eigenvalue weighted by Crippen LogP contribution is 2.28. The van der Waals surface area contributed by atoms with Crippen molar-refractivity contribution in [3.05, 3.63) is 17.0 Å². The molecular formula is C20H36N4O. The molecule has 2 rings (SSSR count). The van der Waals surface area contributed by atoms with Crippen LogP contribution < -0.4 is 10.6 Å². The predicted octanol–water partition coefficient (Wildman–Crippen LogP) is 3.12. The van der Waals surface area contributed by atoms with E-state index in [9.17, 15) is 4.79 Å². The normalized spacial score (nSPS) is 20.0. The van der Waals surface area contributed by atoms with Crippen molar-refractivity contribution in [2.75, 3.05) is 0 Å². The summed E-state index contributed by atoms with van der Waals surface area (Å²) in [5.41, 5.74) is 3.23. The summed E-state index contributed by atoms with van der Waals surface area (Å²) < 4.78 is 2.04. The number of aryl methyl sites for hydroxylation is 1. The molecule has 1 aliphatic rings. The Morgan fingerprint density at radius 1 is 1.24 bits per heavy atom. The number of hydrogen-bond donors (Lipinski definition) is 2. The van der Waals surface area contributed by atoms with Gasteiger partial charge >= 0.3 is 0 Å². The number of aromatic nitrogens is 2. The van der Waals surface area contributed by atoms with E-state index in [0.717, 1.165) is 36.3 Å². The van der Waals surface area contributed by atoms with E-state index in [-0.39, 0.29) is 23.0 Å². The van der Waals surface area contributed by atoms with Crippen LogP contribution in [-0.4, -0.2) is 32.8 Å². The van der Waals surface area contributed by atoms with Gasteiger partial charge in [-0.1, -0.05) is 13.8 Å². The highest BCUT2D eigenvalue weighted by Gasteiger charge is 2.38. The Labute approximate surface area is 152 Å². The van der Waals surface area contributed by atoms with E-state index in [0.29, 0.717) is 12.3 Å². The Morgan fingerprint density at radius 2 is 1.80 bits per heavy atom. The maximum absolute atomic E-state index is 12.7. The Morgan fingerprint density at radius 3 is 2.32 bits per heavy atom. The van der Waals surface area contributed by atoms with Gasteiger partial charge in [-0.3, -0.25) is 9.48 Å². The summed E-state index contributed by atoms with van der Waals surface area (Å²) in [6.07, 6.45) is 2.32. The second-order valence-corrected chi connectivity index (χ2v) is 9.47. The highest BCUT2D eigenvalue weighted by atomic mass is 16.1. The van der Waals surface area contributed by atoms with Crippen molar-refractivity contribution in [2.24, 2.45) is 5.92 Å². The lowest BCUT2D eigenvalue weighted by Crippen LogP contribution is -2.62. The van der Waals surface area contributed by atoms with Crippen LogP contribution in [0.15, 0.2) is 0 Å². The largest absolute Gasteiger partial charge is 0.353 e. The second-order valence-electron chi connectivity index (χ2n) is 9.47. The fraction of sp³-hybridized carbons (Fsp3) is 0.800. The highest BCUT2D eigenvalue weighted by molar-refractivity contribution is 5.79. The summed E-state index contributed by atoms with van der Waals surface area (Å²) in [6.45, 7) is 18.2. The molecule has 0 atom stereocenters. The number of piperidine rings is 1. The molecule has 0 unspecified atom stereocenters. The van der Waals surface area contributed by atoms with Crippen LogP contribution in [0.4, 0.5) is 0 Å². The maximum Gasteiger partial charge on any atom is 0.224 e. The van der Waals surface area contributed by atoms with E-state index < -0.39 is 0 Å². The molecule has 5 heteroatoms. The van der Waals surface area contributed by atoms with Gasteiger partial charge in [0.25, 0.3) is 0 Å². The van der Waals surface area contributed by atoms with E-state index in [4.69, 9.17) is 0 Å². The molecule has 0 spiro atoms. The average Bonchev–Trinajstić information content (AvgIpc) is 2.61. The van der Waals surface area contributed by atoms with Gasteiger partial charge in [-0.2, -0.15) is 5.10 Å². The first kappa shape index (κ1) is 20.0. The monoisotopic (exact) mass is 348 g/mol. The summed E-state index contributed by atoms with van der Waals surface area (Å²) >= 11 is 0. The van der Waals surface area contributed by atoms with Gasteiger partial charge in [-0.05, 0) is 60.3 Å². The van der Waals surface area contributed by atoms with E-state index in [2.05, 4.69) is 64.2 Å². The van der Waals surface area contributed by atoms with Gasteiger partial charge in [0.1, 0.15) is 0 Å². The molecule has 1 fully saturated rings. The van der Waals surface area contributed by atoms with Crippen molar-refractivity contribution in [2.45, 2.75) is 98.3 Å². The molecule has 142 valence electrons. The molecule has 0 saturated carbocycles. The Kier molecular flexibility index (Phi) is 5.67. The summed E-state index contributed by atoms with van der Waals surface area (Å²) in [7, 11) is 0. The second kappa shape index (κ2) is 7.10. The van der Waals surface area contributed by atoms with Crippen molar-refractivity contribution in [1.29, 1.82) is 0 Å². The van der Waals surface area contributed by atoms with Crippen molar-refractivity contribution < 1.29 is 4.79 Å². The number of amides is 1. The van der Waals surface area contributed by atoms with Crippen LogP contribution in [0.2, 0.25) is 0 Å². The predicted molar refractivity (Wildman–Crippen MR) is 103 cm³/mol. The van der Waals surface area contributed by atoms with Gasteiger partial charge in [0, 0.05) is 34.9 Å². The van der Waals surface area contributed by atoms with Crippen molar-refractivity contribution in [3.8, 4) is 0 Å². The fourth-order valence-electron chi connectivity index (χ4n) is 4.38. The average molecular weight is 349 g/mol. The third-order valence-corrected chi connectivity index (χ3v) is 4.96. The number of hydrogen-bond acceptors (Lipinski definition) is 3. The Hall–Kier alpha value is -1.36. The Bertz CT molecular complexity index is 612. The molecule has 0 bridgehead atoms. The fourth-order valence-corrected chi connectivity index (χ4v) is 4.38. The summed E-state index contributed by atoms with van der Waals surface area (Å²) in [4.78, 5) is 12.7. The van der Waals surface area contributed by atoms with Crippen LogP contribution in [0.1, 0.15) is 71.3 Å². The molecular weight excluding hydrogens is 312 g/mol. The summed E-state index contributed by atoms with van der Waals surface area (Å²) in [5, 5.41) is 11.6. The SMILES string of the molecule is Cc1nn(CC(C)C)c(C)c1CC(=O)NC1CC(C)(C)NC(C)(C)C1. The van der Waals surface area contributed by atoms with Gasteiger partial charge in [-0.25, -0.2) is 0 Å². The molecule has 1 aromatic rings. The van der Waals surface area contributed by atoms with Gasteiger partial charge in [0.15, 0.2) is 0 Å². The van der Waals surface area contributed by atoms with Crippen LogP contribution >= 0.6 is 0 Å². The quantitative estimate of drug-likeness (QED) is 0.859. The van der Waals surface area contributed by atoms with Gasteiger partial charge < -0.3 is 10.6 Å². The Balaban J connectivity index is 2.04. The third-order valence-electron chi connectivity index (χ3n) is 4.96. The van der Waals surface area contributed by atoms with Crippen LogP contribution in [0.25, 0.3) is 0 Å². The molecule has 0 aliphatic carbocycles. The standard InChI is InChI=1S/C20H36N4O/c1-13(2)12-24-15(4)17(14(3)22-24)9-18(25)21-16-10-19(5,6)23-20(7,8)11-16/h13,16,23H,9-12H2,1-8H3,(H,21,25). The van der Waals surface area contributed by atoms with Crippen molar-refractivity contribution in [1.82, 2.24) is 20.4 Å². The van der Waals surface area contributed by atoms with Crippen LogP contribution in [0.3, 0.4) is 0 Å². The van der Waals surface area contributed by atoms with Gasteiger partial charge in [0.05, 0.1) is 12.1 Å². The lowest BCUT2D eigenvalue weighted by atomic mass is 9.79. The molecule has 0 aromatic carbocycles. The lowest BCUT2D eigenvalue weighted by molar-refractivity contribution is -0.121. The molecule has 2 heterocycles. The minimum Gasteiger partial charge on any atom is -0.353 e. The summed E-state index contributed by atoms with van der Waals surface area (Å²) in [5.74, 6) is 0.646. The zero-order valence-electron chi connectivity index (χ0n) is 17.3. The van der Waals surface area contributed by atoms with E-state index in [1.807, 2.05) is 11.6 Å². The number of nitrogens with one attached hydrogen (secondary N) is 2. The number of carbonyl (C=O) groups excluding carboxylic acids is 1. The third kappa shape index (κ3) is 5.30. The van der Waals surface area contributed by atoms with E-state index in [1.54, 1.807) is 0 Å². The molecule has 5 nitrogen and oxygen atoms in total. The van der Waals surface area contributed by atoms with Gasteiger partial charge in [0.2, 0.25) is 5.91 Å². The first-order valence-corrected chi connectivity index (χ1v) is 9.50. The molecule has 1 amide bonds. The topological polar surface area (TPSA) is 59.0 Å². The van der Waals surface area contributed by atoms with Gasteiger partial charge in [-0.15, -0.1) is 0 Å². The number of nitrogens with zero attached hydrogens (tertiary/aromatic N) is 2. The van der Waals surface area contributed by atoms with Crippen LogP contribution in [0.5, 0.6) is 0 Å². The van der Waals surface area contributed by atoms with Crippen LogP contribution in [-0.2, 0) is 17.8 Å². The summed E-state index contributed by atoms with van der Waals surface area (Å²) in [6, 6.07) is 0.213. The molecule has 25 heavy (non-hydrogen) atoms. The zero-order chi connectivity index (χ0) is 19.0. The minimum absolute atomic E-state index is 0.0354. The molecule has 0 radical (unpaired) electrons. The maximum atomic E-state index is 12.7. The van der Waals surface area contributed by atoms with Crippen LogP contribution in [0, 0.1) is 19.8 Å².